The van der Waals surface area contributed by atoms with Crippen LogP contribution < -0.4 is 10.9 Å². The Morgan fingerprint density at radius 2 is 2.16 bits per heavy atom. The maximum Gasteiger partial charge on any atom is 0.252 e. The van der Waals surface area contributed by atoms with Crippen LogP contribution >= 0.6 is 0 Å². The molecule has 1 aromatic heterocycles. The number of hydrogen-bond acceptors (Lipinski definition) is 2. The van der Waals surface area contributed by atoms with E-state index < -0.39 is 0 Å². The fraction of sp³-hybridized carbons (Fsp3) is 0.438. The highest BCUT2D eigenvalue weighted by atomic mass is 16.1. The molecule has 0 bridgehead atoms. The molecule has 1 saturated carbocycles. The normalized spacial score (nSPS) is 23.0. The average molecular weight is 256 g/mol. The summed E-state index contributed by atoms with van der Waals surface area (Å²) in [7, 11) is 0. The molecule has 19 heavy (non-hydrogen) atoms. The Morgan fingerprint density at radius 1 is 1.32 bits per heavy atom. The second kappa shape index (κ2) is 5.17. The number of rotatable bonds is 3. The van der Waals surface area contributed by atoms with E-state index in [0.717, 1.165) is 22.4 Å². The molecule has 2 N–H and O–H groups in total. The Kier molecular flexibility index (Phi) is 3.38. The molecule has 1 aliphatic carbocycles. The predicted octanol–water partition coefficient (Wildman–Crippen LogP) is 2.81. The van der Waals surface area contributed by atoms with Gasteiger partial charge in [0.25, 0.3) is 5.56 Å². The first kappa shape index (κ1) is 12.4. The molecule has 3 heteroatoms. The van der Waals surface area contributed by atoms with E-state index in [0.29, 0.717) is 12.6 Å². The second-order valence-electron chi connectivity index (χ2n) is 5.71. The third kappa shape index (κ3) is 2.71. The van der Waals surface area contributed by atoms with Gasteiger partial charge >= 0.3 is 0 Å². The van der Waals surface area contributed by atoms with E-state index >= 15 is 0 Å². The molecule has 0 spiro atoms. The maximum absolute atomic E-state index is 12.0. The van der Waals surface area contributed by atoms with E-state index in [2.05, 4.69) is 17.2 Å². The Labute approximate surface area is 113 Å². The Hall–Kier alpha value is -1.61. The first-order valence-electron chi connectivity index (χ1n) is 7.06. The van der Waals surface area contributed by atoms with Gasteiger partial charge in [-0.15, -0.1) is 0 Å². The lowest BCUT2D eigenvalue weighted by atomic mass is 10.1. The van der Waals surface area contributed by atoms with Gasteiger partial charge in [-0.05, 0) is 42.7 Å². The van der Waals surface area contributed by atoms with Gasteiger partial charge in [0.1, 0.15) is 0 Å². The van der Waals surface area contributed by atoms with Gasteiger partial charge in [-0.2, -0.15) is 0 Å². The standard InChI is InChI=1S/C16H20N2O/c1-11-6-7-14(8-11)17-10-13-9-12-4-2-3-5-15(12)18-16(13)19/h2-5,9,11,14,17H,6-8,10H2,1H3,(H,18,19). The van der Waals surface area contributed by atoms with E-state index in [1.54, 1.807) is 0 Å². The number of pyridine rings is 1. The van der Waals surface area contributed by atoms with Crippen molar-refractivity contribution >= 4 is 10.9 Å². The van der Waals surface area contributed by atoms with Crippen molar-refractivity contribution < 1.29 is 0 Å². The van der Waals surface area contributed by atoms with Crippen molar-refractivity contribution in [1.82, 2.24) is 10.3 Å². The Bertz CT molecular complexity index is 632. The van der Waals surface area contributed by atoms with E-state index in [1.807, 2.05) is 30.3 Å². The summed E-state index contributed by atoms with van der Waals surface area (Å²) in [6.07, 6.45) is 3.75. The van der Waals surface area contributed by atoms with Gasteiger partial charge in [0.05, 0.1) is 0 Å². The number of fused-ring (bicyclic) bond motifs is 1. The maximum atomic E-state index is 12.0. The van der Waals surface area contributed by atoms with Crippen molar-refractivity contribution in [2.45, 2.75) is 38.8 Å². The molecule has 0 aliphatic heterocycles. The Balaban J connectivity index is 1.77. The van der Waals surface area contributed by atoms with Gasteiger partial charge in [0.2, 0.25) is 0 Å². The Morgan fingerprint density at radius 3 is 2.95 bits per heavy atom. The van der Waals surface area contributed by atoms with E-state index in [1.165, 1.54) is 19.3 Å². The van der Waals surface area contributed by atoms with Gasteiger partial charge < -0.3 is 10.3 Å². The molecule has 0 radical (unpaired) electrons. The van der Waals surface area contributed by atoms with E-state index in [9.17, 15) is 4.79 Å². The molecule has 1 heterocycles. The largest absolute Gasteiger partial charge is 0.322 e. The number of benzene rings is 1. The third-order valence-electron chi connectivity index (χ3n) is 4.11. The number of hydrogen-bond donors (Lipinski definition) is 2. The van der Waals surface area contributed by atoms with Gasteiger partial charge in [0.15, 0.2) is 0 Å². The molecule has 0 amide bonds. The molecule has 2 unspecified atom stereocenters. The second-order valence-corrected chi connectivity index (χ2v) is 5.71. The first-order chi connectivity index (χ1) is 9.22. The van der Waals surface area contributed by atoms with Gasteiger partial charge in [-0.25, -0.2) is 0 Å². The fourth-order valence-electron chi connectivity index (χ4n) is 2.97. The minimum Gasteiger partial charge on any atom is -0.322 e. The molecule has 2 atom stereocenters. The highest BCUT2D eigenvalue weighted by Gasteiger charge is 2.20. The van der Waals surface area contributed by atoms with Crippen LogP contribution in [0.1, 0.15) is 31.7 Å². The number of para-hydroxylation sites is 1. The van der Waals surface area contributed by atoms with Crippen LogP contribution in [0.5, 0.6) is 0 Å². The summed E-state index contributed by atoms with van der Waals surface area (Å²) < 4.78 is 0. The van der Waals surface area contributed by atoms with Crippen molar-refractivity contribution in [3.8, 4) is 0 Å². The van der Waals surface area contributed by atoms with Crippen molar-refractivity contribution in [2.24, 2.45) is 5.92 Å². The zero-order valence-electron chi connectivity index (χ0n) is 11.3. The fourth-order valence-corrected chi connectivity index (χ4v) is 2.97. The first-order valence-corrected chi connectivity index (χ1v) is 7.06. The summed E-state index contributed by atoms with van der Waals surface area (Å²) >= 11 is 0. The quantitative estimate of drug-likeness (QED) is 0.887. The van der Waals surface area contributed by atoms with Gasteiger partial charge in [-0.1, -0.05) is 25.1 Å². The lowest BCUT2D eigenvalue weighted by Crippen LogP contribution is -2.28. The highest BCUT2D eigenvalue weighted by Crippen LogP contribution is 2.24. The minimum absolute atomic E-state index is 0.0252. The summed E-state index contributed by atoms with van der Waals surface area (Å²) in [6.45, 7) is 2.96. The van der Waals surface area contributed by atoms with Crippen LogP contribution in [-0.4, -0.2) is 11.0 Å². The minimum atomic E-state index is 0.0252. The molecule has 1 fully saturated rings. The summed E-state index contributed by atoms with van der Waals surface area (Å²) in [5.74, 6) is 0.812. The smallest absolute Gasteiger partial charge is 0.252 e. The number of H-pyrrole nitrogens is 1. The zero-order chi connectivity index (χ0) is 13.2. The SMILES string of the molecule is CC1CCC(NCc2cc3ccccc3[nH]c2=O)C1. The molecule has 1 aromatic carbocycles. The molecule has 0 saturated heterocycles. The summed E-state index contributed by atoms with van der Waals surface area (Å²) in [5, 5.41) is 4.61. The van der Waals surface area contributed by atoms with Gasteiger partial charge in [0, 0.05) is 23.7 Å². The van der Waals surface area contributed by atoms with Crippen LogP contribution in [0.25, 0.3) is 10.9 Å². The van der Waals surface area contributed by atoms with Gasteiger partial charge in [-0.3, -0.25) is 4.79 Å². The highest BCUT2D eigenvalue weighted by molar-refractivity contribution is 5.78. The number of nitrogens with one attached hydrogen (secondary N) is 2. The molecule has 3 rings (SSSR count). The number of aromatic nitrogens is 1. The number of aromatic amines is 1. The summed E-state index contributed by atoms with van der Waals surface area (Å²) in [4.78, 5) is 15.0. The van der Waals surface area contributed by atoms with Crippen LogP contribution in [0.3, 0.4) is 0 Å². The van der Waals surface area contributed by atoms with Crippen LogP contribution in [-0.2, 0) is 6.54 Å². The molecule has 3 nitrogen and oxygen atoms in total. The summed E-state index contributed by atoms with van der Waals surface area (Å²) in [6, 6.07) is 10.5. The van der Waals surface area contributed by atoms with Crippen LogP contribution in [0.2, 0.25) is 0 Å². The summed E-state index contributed by atoms with van der Waals surface area (Å²) in [5.41, 5.74) is 1.77. The zero-order valence-corrected chi connectivity index (χ0v) is 11.3. The van der Waals surface area contributed by atoms with Crippen LogP contribution in [0.15, 0.2) is 35.1 Å². The van der Waals surface area contributed by atoms with Crippen molar-refractivity contribution in [1.29, 1.82) is 0 Å². The predicted molar refractivity (Wildman–Crippen MR) is 78.2 cm³/mol. The topological polar surface area (TPSA) is 44.9 Å². The molecule has 2 aromatic rings. The van der Waals surface area contributed by atoms with Crippen molar-refractivity contribution in [3.05, 3.63) is 46.2 Å². The molecule has 100 valence electrons. The average Bonchev–Trinajstić information content (AvgIpc) is 2.82. The lowest BCUT2D eigenvalue weighted by Gasteiger charge is -2.12. The molecular weight excluding hydrogens is 236 g/mol. The van der Waals surface area contributed by atoms with Crippen LogP contribution in [0.4, 0.5) is 0 Å². The molecular formula is C16H20N2O. The monoisotopic (exact) mass is 256 g/mol. The van der Waals surface area contributed by atoms with Crippen molar-refractivity contribution in [2.75, 3.05) is 0 Å². The molecule has 1 aliphatic rings. The van der Waals surface area contributed by atoms with E-state index in [-0.39, 0.29) is 5.56 Å². The van der Waals surface area contributed by atoms with Crippen molar-refractivity contribution in [3.63, 3.8) is 0 Å². The third-order valence-corrected chi connectivity index (χ3v) is 4.11. The van der Waals surface area contributed by atoms with Crippen LogP contribution in [0, 0.1) is 5.92 Å². The lowest BCUT2D eigenvalue weighted by molar-refractivity contribution is 0.501. The van der Waals surface area contributed by atoms with E-state index in [4.69, 9.17) is 0 Å².